The second kappa shape index (κ2) is 11.9. The van der Waals surface area contributed by atoms with E-state index in [1.165, 1.54) is 32.3 Å². The number of rotatable bonds is 7. The molecule has 0 fully saturated rings. The highest BCUT2D eigenvalue weighted by Gasteiger charge is 2.40. The van der Waals surface area contributed by atoms with Crippen LogP contribution in [0.25, 0.3) is 54.6 Å². The Labute approximate surface area is 305 Å². The number of aromatic nitrogens is 1. The second-order valence-electron chi connectivity index (χ2n) is 14.1. The van der Waals surface area contributed by atoms with Crippen molar-refractivity contribution in [2.24, 2.45) is 0 Å². The summed E-state index contributed by atoms with van der Waals surface area (Å²) in [6.07, 6.45) is 30.6. The number of nitrogens with zero attached hydrogens (tertiary/aromatic N) is 1. The minimum absolute atomic E-state index is 0.478. The van der Waals surface area contributed by atoms with Gasteiger partial charge in [0.25, 0.3) is 0 Å². The number of allylic oxidation sites excluding steroid dienone is 2. The average molecular weight is 660 g/mol. The van der Waals surface area contributed by atoms with E-state index in [0.29, 0.717) is 25.7 Å². The van der Waals surface area contributed by atoms with E-state index in [2.05, 4.69) is 151 Å². The van der Waals surface area contributed by atoms with Crippen LogP contribution in [0.4, 0.5) is 0 Å². The molecule has 0 bridgehead atoms. The summed E-state index contributed by atoms with van der Waals surface area (Å²) in [4.78, 5) is 5.51. The zero-order valence-corrected chi connectivity index (χ0v) is 28.7. The zero-order valence-electron chi connectivity index (χ0n) is 28.7. The molecular weight excluding hydrogens is 627 g/mol. The fourth-order valence-corrected chi connectivity index (χ4v) is 8.98. The average Bonchev–Trinajstić information content (AvgIpc) is 3.67. The van der Waals surface area contributed by atoms with Gasteiger partial charge in [-0.25, -0.2) is 4.98 Å². The summed E-state index contributed by atoms with van der Waals surface area (Å²) in [5.41, 5.74) is 9.57. The molecule has 0 unspecified atom stereocenters. The Balaban J connectivity index is 1.35. The van der Waals surface area contributed by atoms with Gasteiger partial charge in [0.2, 0.25) is 0 Å². The molecule has 1 nitrogen and oxygen atoms in total. The van der Waals surface area contributed by atoms with Gasteiger partial charge in [0.15, 0.2) is 0 Å². The normalized spacial score (nSPS) is 14.9. The first-order chi connectivity index (χ1) is 25.5. The van der Waals surface area contributed by atoms with Gasteiger partial charge in [-0.15, -0.1) is 49.4 Å². The Morgan fingerprint density at radius 1 is 0.462 bits per heavy atom. The van der Waals surface area contributed by atoms with Crippen molar-refractivity contribution in [2.75, 3.05) is 0 Å². The molecule has 1 heterocycles. The van der Waals surface area contributed by atoms with Crippen LogP contribution in [0, 0.1) is 49.4 Å². The molecule has 1 heteroatoms. The molecule has 7 aromatic rings. The van der Waals surface area contributed by atoms with Crippen molar-refractivity contribution in [1.82, 2.24) is 4.98 Å². The zero-order chi connectivity index (χ0) is 35.5. The van der Waals surface area contributed by atoms with E-state index in [0.717, 1.165) is 55.9 Å². The first kappa shape index (κ1) is 31.2. The van der Waals surface area contributed by atoms with E-state index in [1.807, 2.05) is 0 Å². The van der Waals surface area contributed by atoms with Crippen molar-refractivity contribution in [3.05, 3.63) is 161 Å². The third-order valence-corrected chi connectivity index (χ3v) is 11.2. The second-order valence-corrected chi connectivity index (χ2v) is 14.1. The summed E-state index contributed by atoms with van der Waals surface area (Å²) in [7, 11) is 0. The number of hydrogen-bond donors (Lipinski definition) is 0. The van der Waals surface area contributed by atoms with E-state index < -0.39 is 10.8 Å². The minimum Gasteiger partial charge on any atom is -0.248 e. The summed E-state index contributed by atoms with van der Waals surface area (Å²) in [5.74, 6) is 11.7. The molecule has 1 aromatic heterocycles. The van der Waals surface area contributed by atoms with Crippen LogP contribution in [-0.4, -0.2) is 4.98 Å². The van der Waals surface area contributed by atoms with Crippen LogP contribution in [0.2, 0.25) is 0 Å². The number of benzene rings is 6. The lowest BCUT2D eigenvalue weighted by molar-refractivity contribution is 0.578. The maximum Gasteiger partial charge on any atom is 0.0718 e. The Bertz CT molecular complexity index is 2680. The predicted octanol–water partition coefficient (Wildman–Crippen LogP) is 11.1. The van der Waals surface area contributed by atoms with Gasteiger partial charge >= 0.3 is 0 Å². The molecule has 9 rings (SSSR count). The predicted molar refractivity (Wildman–Crippen MR) is 218 cm³/mol. The molecule has 242 valence electrons. The van der Waals surface area contributed by atoms with Gasteiger partial charge in [-0.05, 0) is 77.8 Å². The number of terminal acetylenes is 4. The Kier molecular flexibility index (Phi) is 7.17. The maximum atomic E-state index is 6.01. The Hall–Kier alpha value is -6.77. The first-order valence-electron chi connectivity index (χ1n) is 17.6. The van der Waals surface area contributed by atoms with Crippen molar-refractivity contribution in [3.63, 3.8) is 0 Å². The molecule has 6 aromatic carbocycles. The van der Waals surface area contributed by atoms with Crippen LogP contribution < -0.4 is 0 Å². The molecule has 0 saturated carbocycles. The Morgan fingerprint density at radius 3 is 1.44 bits per heavy atom. The highest BCUT2D eigenvalue weighted by Crippen LogP contribution is 2.50. The lowest BCUT2D eigenvalue weighted by Crippen LogP contribution is -2.20. The monoisotopic (exact) mass is 659 g/mol. The molecule has 0 saturated heterocycles. The van der Waals surface area contributed by atoms with E-state index in [4.69, 9.17) is 30.7 Å². The smallest absolute Gasteiger partial charge is 0.0718 e. The molecule has 0 amide bonds. The number of hydrogen-bond acceptors (Lipinski definition) is 1. The van der Waals surface area contributed by atoms with Crippen molar-refractivity contribution < 1.29 is 0 Å². The van der Waals surface area contributed by atoms with E-state index in [-0.39, 0.29) is 0 Å². The summed E-state index contributed by atoms with van der Waals surface area (Å²) in [6.45, 7) is 0. The third-order valence-electron chi connectivity index (χ3n) is 11.2. The molecule has 0 spiro atoms. The SMILES string of the molecule is C#CCC1(CC#C)C=C(c2cc(-c3ccc4ccc5cccc6ccc3c4c56)cc(C3=CC(CC#C)(CC#C)c4ccccc43)n2)c2ccccc21. The van der Waals surface area contributed by atoms with Gasteiger partial charge in [-0.3, -0.25) is 0 Å². The molecular formula is C51H33N. The lowest BCUT2D eigenvalue weighted by Gasteiger charge is -2.24. The topological polar surface area (TPSA) is 12.9 Å². The van der Waals surface area contributed by atoms with Gasteiger partial charge in [0, 0.05) is 47.7 Å². The van der Waals surface area contributed by atoms with Crippen molar-refractivity contribution in [1.29, 1.82) is 0 Å². The fourth-order valence-electron chi connectivity index (χ4n) is 8.98. The van der Waals surface area contributed by atoms with Crippen LogP contribution in [0.1, 0.15) is 59.3 Å². The number of fused-ring (bicyclic) bond motifs is 2. The van der Waals surface area contributed by atoms with Gasteiger partial charge in [-0.2, -0.15) is 0 Å². The van der Waals surface area contributed by atoms with Crippen LogP contribution in [0.5, 0.6) is 0 Å². The molecule has 0 radical (unpaired) electrons. The van der Waals surface area contributed by atoms with E-state index in [1.54, 1.807) is 0 Å². The fraction of sp³-hybridized carbons (Fsp3) is 0.118. The summed E-state index contributed by atoms with van der Waals surface area (Å²) >= 11 is 0. The molecule has 2 aliphatic rings. The van der Waals surface area contributed by atoms with Gasteiger partial charge in [0.1, 0.15) is 0 Å². The molecule has 0 atom stereocenters. The number of pyridine rings is 1. The third kappa shape index (κ3) is 4.55. The highest BCUT2D eigenvalue weighted by molar-refractivity contribution is 6.25. The largest absolute Gasteiger partial charge is 0.248 e. The van der Waals surface area contributed by atoms with Crippen LogP contribution in [0.15, 0.2) is 127 Å². The standard InChI is InChI=1S/C51H33N/c1-5-26-50(27-6-2)32-42(39-16-9-11-18-44(39)50)46-30-37(38-24-22-36-21-20-34-14-13-15-35-23-25-41(38)49(36)48(34)35)31-47(52-46)43-33-51(28-7-3,29-8-4)45-19-12-10-17-40(43)45/h1-4,9-25,30-33H,26-29H2. The molecule has 0 aliphatic heterocycles. The molecule has 52 heavy (non-hydrogen) atoms. The quantitative estimate of drug-likeness (QED) is 0.123. The summed E-state index contributed by atoms with van der Waals surface area (Å²) in [6, 6.07) is 41.3. The van der Waals surface area contributed by atoms with Crippen LogP contribution in [-0.2, 0) is 10.8 Å². The highest BCUT2D eigenvalue weighted by atomic mass is 14.7. The minimum atomic E-state index is -0.478. The van der Waals surface area contributed by atoms with Gasteiger partial charge in [0.05, 0.1) is 11.4 Å². The Morgan fingerprint density at radius 2 is 0.923 bits per heavy atom. The summed E-state index contributed by atoms with van der Waals surface area (Å²) < 4.78 is 0. The molecule has 0 N–H and O–H groups in total. The van der Waals surface area contributed by atoms with Crippen molar-refractivity contribution in [2.45, 2.75) is 36.5 Å². The first-order valence-corrected chi connectivity index (χ1v) is 17.6. The molecule has 2 aliphatic carbocycles. The van der Waals surface area contributed by atoms with Crippen molar-refractivity contribution in [3.8, 4) is 60.5 Å². The van der Waals surface area contributed by atoms with Crippen molar-refractivity contribution >= 4 is 43.5 Å². The van der Waals surface area contributed by atoms with Gasteiger partial charge in [-0.1, -0.05) is 115 Å². The van der Waals surface area contributed by atoms with Crippen LogP contribution >= 0.6 is 0 Å². The maximum absolute atomic E-state index is 6.01. The van der Waals surface area contributed by atoms with Crippen LogP contribution in [0.3, 0.4) is 0 Å². The summed E-state index contributed by atoms with van der Waals surface area (Å²) in [5, 5.41) is 7.46. The van der Waals surface area contributed by atoms with E-state index in [9.17, 15) is 0 Å². The van der Waals surface area contributed by atoms with E-state index >= 15 is 0 Å². The van der Waals surface area contributed by atoms with Gasteiger partial charge < -0.3 is 0 Å². The lowest BCUT2D eigenvalue weighted by atomic mass is 9.77.